The number of nitrogens with two attached hydrogens (primary N) is 1. The summed E-state index contributed by atoms with van der Waals surface area (Å²) in [5.41, 5.74) is 5.82. The maximum atomic E-state index is 13.2. The number of carbonyl (C=O) groups is 3. The largest absolute Gasteiger partial charge is 0.444 e. The molecule has 0 unspecified atom stereocenters. The number of ether oxygens (including phenoxy) is 1. The van der Waals surface area contributed by atoms with Gasteiger partial charge in [0.05, 0.1) is 0 Å². The highest BCUT2D eigenvalue weighted by atomic mass is 127. The summed E-state index contributed by atoms with van der Waals surface area (Å²) in [5, 5.41) is 2.80. The van der Waals surface area contributed by atoms with E-state index in [1.807, 2.05) is 31.2 Å². The SMILES string of the molecule is CC[C@@H]1CCCN(C(=O)OC(C)(C)C)[C@@H]1C(=O)N[C@@H](Cc1ccc(I)cc1)C(N)=O. The van der Waals surface area contributed by atoms with Gasteiger partial charge in [-0.1, -0.05) is 25.5 Å². The van der Waals surface area contributed by atoms with Gasteiger partial charge in [-0.25, -0.2) is 4.79 Å². The summed E-state index contributed by atoms with van der Waals surface area (Å²) in [4.78, 5) is 39.5. The average molecular weight is 529 g/mol. The number of hydrogen-bond donors (Lipinski definition) is 2. The van der Waals surface area contributed by atoms with Crippen molar-refractivity contribution in [2.24, 2.45) is 11.7 Å². The number of likely N-dealkylation sites (tertiary alicyclic amines) is 1. The molecule has 2 rings (SSSR count). The summed E-state index contributed by atoms with van der Waals surface area (Å²) in [6.07, 6.45) is 2.19. The van der Waals surface area contributed by atoms with Crippen molar-refractivity contribution in [2.75, 3.05) is 6.54 Å². The van der Waals surface area contributed by atoms with Crippen LogP contribution in [0.15, 0.2) is 24.3 Å². The molecule has 3 atom stereocenters. The van der Waals surface area contributed by atoms with Crippen molar-refractivity contribution in [1.29, 1.82) is 0 Å². The van der Waals surface area contributed by atoms with Crippen LogP contribution in [0.4, 0.5) is 4.79 Å². The molecular formula is C22H32IN3O4. The van der Waals surface area contributed by atoms with Crippen LogP contribution in [0.25, 0.3) is 0 Å². The van der Waals surface area contributed by atoms with E-state index in [0.717, 1.165) is 28.4 Å². The van der Waals surface area contributed by atoms with Gasteiger partial charge >= 0.3 is 6.09 Å². The third-order valence-corrected chi connectivity index (χ3v) is 5.91. The van der Waals surface area contributed by atoms with Crippen LogP contribution in [0, 0.1) is 9.49 Å². The number of carbonyl (C=O) groups excluding carboxylic acids is 3. The Kier molecular flexibility index (Phi) is 8.52. The van der Waals surface area contributed by atoms with Crippen LogP contribution in [0.3, 0.4) is 0 Å². The first-order valence-electron chi connectivity index (χ1n) is 10.4. The normalized spacial score (nSPS) is 20.4. The smallest absolute Gasteiger partial charge is 0.410 e. The van der Waals surface area contributed by atoms with E-state index in [-0.39, 0.29) is 11.8 Å². The van der Waals surface area contributed by atoms with E-state index in [0.29, 0.717) is 13.0 Å². The third-order valence-electron chi connectivity index (χ3n) is 5.19. The van der Waals surface area contributed by atoms with Gasteiger partial charge in [0.2, 0.25) is 11.8 Å². The quantitative estimate of drug-likeness (QED) is 0.553. The molecule has 1 saturated heterocycles. The number of piperidine rings is 1. The lowest BCUT2D eigenvalue weighted by atomic mass is 9.86. The molecule has 0 aromatic heterocycles. The summed E-state index contributed by atoms with van der Waals surface area (Å²) in [5.74, 6) is -0.964. The number of rotatable bonds is 6. The predicted molar refractivity (Wildman–Crippen MR) is 124 cm³/mol. The minimum absolute atomic E-state index is 0.00176. The Labute approximate surface area is 192 Å². The molecule has 1 aliphatic rings. The first-order valence-corrected chi connectivity index (χ1v) is 11.4. The maximum Gasteiger partial charge on any atom is 0.410 e. The fourth-order valence-electron chi connectivity index (χ4n) is 3.72. The second-order valence-corrected chi connectivity index (χ2v) is 9.97. The van der Waals surface area contributed by atoms with Crippen molar-refractivity contribution in [1.82, 2.24) is 10.2 Å². The van der Waals surface area contributed by atoms with E-state index in [9.17, 15) is 14.4 Å². The minimum atomic E-state index is -0.850. The number of halogens is 1. The maximum absolute atomic E-state index is 13.2. The fourth-order valence-corrected chi connectivity index (χ4v) is 4.08. The Hall–Kier alpha value is -1.84. The van der Waals surface area contributed by atoms with Crippen LogP contribution >= 0.6 is 22.6 Å². The van der Waals surface area contributed by atoms with Crippen LogP contribution in [-0.2, 0) is 20.7 Å². The minimum Gasteiger partial charge on any atom is -0.444 e. The molecule has 0 saturated carbocycles. The first-order chi connectivity index (χ1) is 14.0. The zero-order valence-electron chi connectivity index (χ0n) is 18.1. The lowest BCUT2D eigenvalue weighted by Gasteiger charge is -2.40. The van der Waals surface area contributed by atoms with Gasteiger partial charge in [0, 0.05) is 16.5 Å². The Bertz CT molecular complexity index is 761. The molecule has 166 valence electrons. The molecule has 3 N–H and O–H groups in total. The van der Waals surface area contributed by atoms with Crippen LogP contribution in [0.5, 0.6) is 0 Å². The highest BCUT2D eigenvalue weighted by molar-refractivity contribution is 14.1. The number of hydrogen-bond acceptors (Lipinski definition) is 4. The fraction of sp³-hybridized carbons (Fsp3) is 0.591. The molecule has 30 heavy (non-hydrogen) atoms. The predicted octanol–water partition coefficient (Wildman–Crippen LogP) is 3.23. The van der Waals surface area contributed by atoms with Crippen LogP contribution in [-0.4, -0.2) is 47.0 Å². The Balaban J connectivity index is 2.19. The molecule has 0 aliphatic carbocycles. The highest BCUT2D eigenvalue weighted by Crippen LogP contribution is 2.28. The molecule has 1 fully saturated rings. The highest BCUT2D eigenvalue weighted by Gasteiger charge is 2.41. The van der Waals surface area contributed by atoms with Crippen molar-refractivity contribution in [3.63, 3.8) is 0 Å². The number of amides is 3. The van der Waals surface area contributed by atoms with Crippen LogP contribution in [0.2, 0.25) is 0 Å². The molecule has 0 spiro atoms. The summed E-state index contributed by atoms with van der Waals surface area (Å²) >= 11 is 2.21. The number of nitrogens with one attached hydrogen (secondary N) is 1. The van der Waals surface area contributed by atoms with Gasteiger partial charge in [-0.3, -0.25) is 14.5 Å². The average Bonchev–Trinajstić information content (AvgIpc) is 2.66. The van der Waals surface area contributed by atoms with Gasteiger partial charge in [-0.05, 0) is 79.8 Å². The molecule has 1 aromatic carbocycles. The Morgan fingerprint density at radius 3 is 2.43 bits per heavy atom. The zero-order valence-corrected chi connectivity index (χ0v) is 20.3. The van der Waals surface area contributed by atoms with Gasteiger partial charge in [0.15, 0.2) is 0 Å². The Morgan fingerprint density at radius 2 is 1.90 bits per heavy atom. The van der Waals surface area contributed by atoms with Gasteiger partial charge in [-0.15, -0.1) is 0 Å². The zero-order chi connectivity index (χ0) is 22.5. The number of nitrogens with zero attached hydrogens (tertiary/aromatic N) is 1. The van der Waals surface area contributed by atoms with E-state index < -0.39 is 29.7 Å². The van der Waals surface area contributed by atoms with Crippen molar-refractivity contribution >= 4 is 40.5 Å². The second-order valence-electron chi connectivity index (χ2n) is 8.72. The van der Waals surface area contributed by atoms with E-state index >= 15 is 0 Å². The molecule has 0 bridgehead atoms. The second kappa shape index (κ2) is 10.5. The van der Waals surface area contributed by atoms with Crippen molar-refractivity contribution in [3.05, 3.63) is 33.4 Å². The van der Waals surface area contributed by atoms with Gasteiger partial charge in [0.1, 0.15) is 17.7 Å². The third kappa shape index (κ3) is 6.85. The van der Waals surface area contributed by atoms with Crippen molar-refractivity contribution in [3.8, 4) is 0 Å². The summed E-state index contributed by atoms with van der Waals surface area (Å²) in [6.45, 7) is 7.84. The van der Waals surface area contributed by atoms with E-state index in [1.165, 1.54) is 4.90 Å². The van der Waals surface area contributed by atoms with E-state index in [1.54, 1.807) is 20.8 Å². The van der Waals surface area contributed by atoms with Gasteiger partial charge in [-0.2, -0.15) is 0 Å². The van der Waals surface area contributed by atoms with Crippen molar-refractivity contribution in [2.45, 2.75) is 71.1 Å². The molecule has 7 nitrogen and oxygen atoms in total. The molecule has 1 heterocycles. The molecular weight excluding hydrogens is 497 g/mol. The van der Waals surface area contributed by atoms with E-state index in [4.69, 9.17) is 10.5 Å². The first kappa shape index (κ1) is 24.4. The molecule has 3 amide bonds. The lowest BCUT2D eigenvalue weighted by molar-refractivity contribution is -0.133. The summed E-state index contributed by atoms with van der Waals surface area (Å²) in [6, 6.07) is 6.16. The van der Waals surface area contributed by atoms with E-state index in [2.05, 4.69) is 27.9 Å². The molecule has 8 heteroatoms. The van der Waals surface area contributed by atoms with Gasteiger partial charge < -0.3 is 15.8 Å². The summed E-state index contributed by atoms with van der Waals surface area (Å²) in [7, 11) is 0. The van der Waals surface area contributed by atoms with Crippen LogP contribution in [0.1, 0.15) is 52.5 Å². The summed E-state index contributed by atoms with van der Waals surface area (Å²) < 4.78 is 6.60. The standard InChI is InChI=1S/C22H32IN3O4/c1-5-15-7-6-12-26(21(29)30-22(2,3)4)18(15)20(28)25-17(19(24)27)13-14-8-10-16(23)11-9-14/h8-11,15,17-18H,5-7,12-13H2,1-4H3,(H2,24,27)(H,25,28)/t15-,17+,18+/m1/s1. The molecule has 1 aromatic rings. The van der Waals surface area contributed by atoms with Gasteiger partial charge in [0.25, 0.3) is 0 Å². The topological polar surface area (TPSA) is 102 Å². The number of primary amides is 1. The monoisotopic (exact) mass is 529 g/mol. The van der Waals surface area contributed by atoms with Crippen LogP contribution < -0.4 is 11.1 Å². The Morgan fingerprint density at radius 1 is 1.27 bits per heavy atom. The van der Waals surface area contributed by atoms with Crippen molar-refractivity contribution < 1.29 is 19.1 Å². The molecule has 0 radical (unpaired) electrons. The lowest BCUT2D eigenvalue weighted by Crippen LogP contribution is -2.59. The molecule has 1 aliphatic heterocycles. The number of benzene rings is 1.